The fourth-order valence-electron chi connectivity index (χ4n) is 3.66. The van der Waals surface area contributed by atoms with Crippen LogP contribution in [0.25, 0.3) is 0 Å². The number of nitrogens with one attached hydrogen (secondary N) is 2. The van der Waals surface area contributed by atoms with Crippen molar-refractivity contribution in [1.29, 1.82) is 0 Å². The number of anilines is 1. The summed E-state index contributed by atoms with van der Waals surface area (Å²) < 4.78 is 23.5. The average molecular weight is 416 g/mol. The molecule has 162 valence electrons. The highest BCUT2D eigenvalue weighted by Gasteiger charge is 2.19. The van der Waals surface area contributed by atoms with Crippen LogP contribution in [0.5, 0.6) is 11.5 Å². The van der Waals surface area contributed by atoms with Crippen molar-refractivity contribution in [3.8, 4) is 11.5 Å². The van der Waals surface area contributed by atoms with E-state index in [2.05, 4.69) is 15.5 Å². The number of ether oxygens (including phenoxy) is 2. The van der Waals surface area contributed by atoms with E-state index in [1.807, 2.05) is 12.1 Å². The van der Waals surface area contributed by atoms with Crippen molar-refractivity contribution in [3.63, 3.8) is 0 Å². The van der Waals surface area contributed by atoms with Crippen LogP contribution in [0.1, 0.15) is 18.4 Å². The lowest BCUT2D eigenvalue weighted by Crippen LogP contribution is -2.40. The highest BCUT2D eigenvalue weighted by Crippen LogP contribution is 2.29. The number of hydrogen-bond acceptors (Lipinski definition) is 4. The molecule has 0 aliphatic carbocycles. The molecule has 0 aromatic heterocycles. The molecule has 30 heavy (non-hydrogen) atoms. The number of methoxy groups -OCH3 is 2. The fourth-order valence-corrected chi connectivity index (χ4v) is 3.66. The van der Waals surface area contributed by atoms with Gasteiger partial charge in [0.1, 0.15) is 17.3 Å². The maximum Gasteiger partial charge on any atom is 0.319 e. The zero-order valence-electron chi connectivity index (χ0n) is 17.6. The number of carbonyl (C=O) groups is 1. The average Bonchev–Trinajstić information content (AvgIpc) is 2.78. The van der Waals surface area contributed by atoms with Gasteiger partial charge in [-0.25, -0.2) is 9.18 Å². The van der Waals surface area contributed by atoms with Gasteiger partial charge in [-0.3, -0.25) is 0 Å². The number of nitrogens with zero attached hydrogens (tertiary/aromatic N) is 1. The second kappa shape index (κ2) is 10.8. The number of rotatable bonds is 8. The van der Waals surface area contributed by atoms with Crippen LogP contribution in [0.4, 0.5) is 14.9 Å². The monoisotopic (exact) mass is 415 g/mol. The van der Waals surface area contributed by atoms with E-state index >= 15 is 0 Å². The number of piperidine rings is 1. The van der Waals surface area contributed by atoms with Crippen molar-refractivity contribution in [1.82, 2.24) is 10.2 Å². The highest BCUT2D eigenvalue weighted by molar-refractivity contribution is 5.91. The summed E-state index contributed by atoms with van der Waals surface area (Å²) in [6.07, 6.45) is 3.03. The van der Waals surface area contributed by atoms with Crippen molar-refractivity contribution in [2.75, 3.05) is 45.7 Å². The summed E-state index contributed by atoms with van der Waals surface area (Å²) in [6.45, 7) is 3.66. The van der Waals surface area contributed by atoms with E-state index in [0.29, 0.717) is 29.6 Å². The van der Waals surface area contributed by atoms with Crippen molar-refractivity contribution >= 4 is 11.7 Å². The first-order chi connectivity index (χ1) is 14.6. The molecule has 0 atom stereocenters. The van der Waals surface area contributed by atoms with E-state index in [1.165, 1.54) is 12.1 Å². The van der Waals surface area contributed by atoms with Crippen molar-refractivity contribution < 1.29 is 18.7 Å². The first-order valence-electron chi connectivity index (χ1n) is 10.3. The lowest BCUT2D eigenvalue weighted by molar-refractivity contribution is 0.184. The largest absolute Gasteiger partial charge is 0.497 e. The Morgan fingerprint density at radius 1 is 1.10 bits per heavy atom. The molecule has 1 heterocycles. The Morgan fingerprint density at radius 3 is 2.50 bits per heavy atom. The summed E-state index contributed by atoms with van der Waals surface area (Å²) in [5.74, 6) is 1.50. The van der Waals surface area contributed by atoms with Crippen LogP contribution < -0.4 is 20.1 Å². The second-order valence-electron chi connectivity index (χ2n) is 7.56. The molecule has 2 aromatic carbocycles. The minimum Gasteiger partial charge on any atom is -0.497 e. The van der Waals surface area contributed by atoms with Gasteiger partial charge in [0, 0.05) is 19.2 Å². The lowest BCUT2D eigenvalue weighted by atomic mass is 9.96. The van der Waals surface area contributed by atoms with E-state index in [0.717, 1.165) is 44.5 Å². The van der Waals surface area contributed by atoms with Crippen LogP contribution >= 0.6 is 0 Å². The molecule has 1 fully saturated rings. The van der Waals surface area contributed by atoms with Crippen molar-refractivity contribution in [2.24, 2.45) is 5.92 Å². The molecule has 3 rings (SSSR count). The van der Waals surface area contributed by atoms with Crippen LogP contribution in [-0.2, 0) is 6.42 Å². The number of urea groups is 1. The number of hydrogen-bond donors (Lipinski definition) is 2. The van der Waals surface area contributed by atoms with Crippen molar-refractivity contribution in [2.45, 2.75) is 19.3 Å². The SMILES string of the molecule is COc1ccc(NC(=O)NCC2CCN(CCc3ccc(F)cc3)CC2)c(OC)c1. The van der Waals surface area contributed by atoms with Crippen LogP contribution in [0.2, 0.25) is 0 Å². The predicted octanol–water partition coefficient (Wildman–Crippen LogP) is 3.92. The maximum atomic E-state index is 13.0. The summed E-state index contributed by atoms with van der Waals surface area (Å²) >= 11 is 0. The summed E-state index contributed by atoms with van der Waals surface area (Å²) in [6, 6.07) is 11.8. The zero-order valence-corrected chi connectivity index (χ0v) is 17.6. The molecule has 7 heteroatoms. The normalized spacial score (nSPS) is 14.9. The highest BCUT2D eigenvalue weighted by atomic mass is 19.1. The summed E-state index contributed by atoms with van der Waals surface area (Å²) in [4.78, 5) is 14.7. The molecule has 2 N–H and O–H groups in total. The molecule has 0 unspecified atom stereocenters. The molecule has 2 aromatic rings. The Morgan fingerprint density at radius 2 is 1.83 bits per heavy atom. The van der Waals surface area contributed by atoms with Crippen molar-refractivity contribution in [3.05, 3.63) is 53.8 Å². The minimum absolute atomic E-state index is 0.193. The molecule has 6 nitrogen and oxygen atoms in total. The lowest BCUT2D eigenvalue weighted by Gasteiger charge is -2.32. The van der Waals surface area contributed by atoms with E-state index < -0.39 is 0 Å². The van der Waals surface area contributed by atoms with Crippen LogP contribution in [0, 0.1) is 11.7 Å². The Hall–Kier alpha value is -2.80. The van der Waals surface area contributed by atoms with Gasteiger partial charge in [-0.15, -0.1) is 0 Å². The smallest absolute Gasteiger partial charge is 0.319 e. The quantitative estimate of drug-likeness (QED) is 0.686. The number of likely N-dealkylation sites (tertiary alicyclic amines) is 1. The van der Waals surface area contributed by atoms with Gasteiger partial charge >= 0.3 is 6.03 Å². The summed E-state index contributed by atoms with van der Waals surface area (Å²) in [5.41, 5.74) is 1.76. The Labute approximate surface area is 177 Å². The van der Waals surface area contributed by atoms with E-state index in [1.54, 1.807) is 32.4 Å². The molecule has 0 saturated carbocycles. The number of halogens is 1. The Balaban J connectivity index is 1.37. The van der Waals surface area contributed by atoms with Gasteiger partial charge in [0.25, 0.3) is 0 Å². The topological polar surface area (TPSA) is 62.8 Å². The van der Waals surface area contributed by atoms with Crippen LogP contribution in [0.15, 0.2) is 42.5 Å². The number of amides is 2. The number of benzene rings is 2. The molecule has 0 spiro atoms. The molecule has 1 aliphatic rings. The predicted molar refractivity (Wildman–Crippen MR) is 116 cm³/mol. The fraction of sp³-hybridized carbons (Fsp3) is 0.435. The number of carbonyl (C=O) groups excluding carboxylic acids is 1. The van der Waals surface area contributed by atoms with Crippen LogP contribution in [-0.4, -0.2) is 51.3 Å². The van der Waals surface area contributed by atoms with Gasteiger partial charge in [-0.1, -0.05) is 12.1 Å². The third-order valence-electron chi connectivity index (χ3n) is 5.55. The maximum absolute atomic E-state index is 13.0. The summed E-state index contributed by atoms with van der Waals surface area (Å²) in [7, 11) is 3.14. The van der Waals surface area contributed by atoms with E-state index in [4.69, 9.17) is 9.47 Å². The standard InChI is InChI=1S/C23H30FN3O3/c1-29-20-7-8-21(22(15-20)30-2)26-23(28)25-16-18-10-13-27(14-11-18)12-9-17-3-5-19(24)6-4-17/h3-8,15,18H,9-14,16H2,1-2H3,(H2,25,26,28). The van der Waals surface area contributed by atoms with Gasteiger partial charge < -0.3 is 25.0 Å². The molecule has 2 amide bonds. The van der Waals surface area contributed by atoms with Gasteiger partial charge in [0.2, 0.25) is 0 Å². The molecule has 1 saturated heterocycles. The summed E-state index contributed by atoms with van der Waals surface area (Å²) in [5, 5.41) is 5.80. The van der Waals surface area contributed by atoms with Gasteiger partial charge in [0.05, 0.1) is 19.9 Å². The Kier molecular flexibility index (Phi) is 7.90. The minimum atomic E-state index is -0.239. The zero-order chi connectivity index (χ0) is 21.3. The third kappa shape index (κ3) is 6.35. The first-order valence-corrected chi connectivity index (χ1v) is 10.3. The van der Waals surface area contributed by atoms with E-state index in [-0.39, 0.29) is 11.8 Å². The third-order valence-corrected chi connectivity index (χ3v) is 5.55. The molecule has 0 radical (unpaired) electrons. The molecule has 1 aliphatic heterocycles. The molecular weight excluding hydrogens is 385 g/mol. The van der Waals surface area contributed by atoms with Gasteiger partial charge in [-0.2, -0.15) is 0 Å². The van der Waals surface area contributed by atoms with Gasteiger partial charge in [-0.05, 0) is 68.1 Å². The Bertz CT molecular complexity index is 821. The van der Waals surface area contributed by atoms with Crippen LogP contribution in [0.3, 0.4) is 0 Å². The first kappa shape index (κ1) is 21.9. The molecular formula is C23H30FN3O3. The van der Waals surface area contributed by atoms with Gasteiger partial charge in [0.15, 0.2) is 0 Å². The van der Waals surface area contributed by atoms with E-state index in [9.17, 15) is 9.18 Å². The second-order valence-corrected chi connectivity index (χ2v) is 7.56. The molecule has 0 bridgehead atoms.